The number of nitrogens with one attached hydrogen (secondary N) is 2. The van der Waals surface area contributed by atoms with E-state index in [2.05, 4.69) is 15.6 Å². The van der Waals surface area contributed by atoms with Crippen molar-refractivity contribution in [2.24, 2.45) is 0 Å². The van der Waals surface area contributed by atoms with Crippen LogP contribution in [0.25, 0.3) is 10.2 Å². The lowest BCUT2D eigenvalue weighted by atomic mass is 10.1. The quantitative estimate of drug-likeness (QED) is 0.692. The van der Waals surface area contributed by atoms with Crippen molar-refractivity contribution < 1.29 is 27.5 Å². The van der Waals surface area contributed by atoms with Gasteiger partial charge in [0.2, 0.25) is 0 Å². The number of alkyl halides is 3. The standard InChI is InChI=1S/C20H22F3N5O3S/c1-11(3-6-24)26-19(30)31-12-4-7-28(8-5-12)15-9-14(20(21,22)23)17-16(27-15)13(10-32-17)18(29)25-2/h9-12H,3-5,7-8H2,1-2H3,(H,25,29)(H,26,30)/t11-/m0/s1. The van der Waals surface area contributed by atoms with Crippen molar-refractivity contribution in [3.05, 3.63) is 22.6 Å². The summed E-state index contributed by atoms with van der Waals surface area (Å²) in [6.07, 6.45) is -4.64. The van der Waals surface area contributed by atoms with Crippen LogP contribution in [0.15, 0.2) is 11.4 Å². The number of alkyl carbamates (subject to hydrolysis) is 1. The Morgan fingerprint density at radius 1 is 1.41 bits per heavy atom. The smallest absolute Gasteiger partial charge is 0.417 e. The van der Waals surface area contributed by atoms with Crippen molar-refractivity contribution in [2.45, 2.75) is 44.5 Å². The van der Waals surface area contributed by atoms with Gasteiger partial charge in [-0.2, -0.15) is 18.4 Å². The van der Waals surface area contributed by atoms with E-state index < -0.39 is 29.8 Å². The lowest BCUT2D eigenvalue weighted by molar-refractivity contribution is -0.136. The highest BCUT2D eigenvalue weighted by Gasteiger charge is 2.36. The van der Waals surface area contributed by atoms with Gasteiger partial charge in [0.05, 0.1) is 33.8 Å². The Labute approximate surface area is 186 Å². The van der Waals surface area contributed by atoms with Crippen molar-refractivity contribution in [3.8, 4) is 6.07 Å². The van der Waals surface area contributed by atoms with Gasteiger partial charge in [-0.15, -0.1) is 11.3 Å². The van der Waals surface area contributed by atoms with Crippen molar-refractivity contribution in [1.82, 2.24) is 15.6 Å². The molecule has 1 atom stereocenters. The maximum atomic E-state index is 13.7. The van der Waals surface area contributed by atoms with Gasteiger partial charge >= 0.3 is 12.3 Å². The van der Waals surface area contributed by atoms with Gasteiger partial charge in [0.1, 0.15) is 11.9 Å². The molecule has 3 heterocycles. The van der Waals surface area contributed by atoms with Crippen LogP contribution < -0.4 is 15.5 Å². The number of fused-ring (bicyclic) bond motifs is 1. The summed E-state index contributed by atoms with van der Waals surface area (Å²) in [5.74, 6) is -0.378. The number of ether oxygens (including phenoxy) is 1. The highest BCUT2D eigenvalue weighted by Crippen LogP contribution is 2.40. The van der Waals surface area contributed by atoms with Gasteiger partial charge in [0.15, 0.2) is 0 Å². The van der Waals surface area contributed by atoms with E-state index >= 15 is 0 Å². The minimum Gasteiger partial charge on any atom is -0.446 e. The van der Waals surface area contributed by atoms with E-state index in [9.17, 15) is 22.8 Å². The summed E-state index contributed by atoms with van der Waals surface area (Å²) in [5.41, 5.74) is -0.716. The van der Waals surface area contributed by atoms with Crippen LogP contribution in [0.2, 0.25) is 0 Å². The van der Waals surface area contributed by atoms with Gasteiger partial charge in [-0.1, -0.05) is 0 Å². The van der Waals surface area contributed by atoms with Crippen LogP contribution in [0.3, 0.4) is 0 Å². The molecule has 2 aromatic heterocycles. The van der Waals surface area contributed by atoms with Crippen molar-refractivity contribution in [2.75, 3.05) is 25.0 Å². The number of carbonyl (C=O) groups is 2. The fraction of sp³-hybridized carbons (Fsp3) is 0.500. The molecule has 32 heavy (non-hydrogen) atoms. The average Bonchev–Trinajstić information content (AvgIpc) is 3.16. The molecule has 0 unspecified atom stereocenters. The molecular formula is C20H22F3N5O3S. The molecule has 2 aromatic rings. The maximum absolute atomic E-state index is 13.7. The van der Waals surface area contributed by atoms with Crippen molar-refractivity contribution in [3.63, 3.8) is 0 Å². The minimum absolute atomic E-state index is 0.0170. The van der Waals surface area contributed by atoms with Gasteiger partial charge in [-0.3, -0.25) is 4.79 Å². The number of anilines is 1. The molecule has 8 nitrogen and oxygen atoms in total. The van der Waals surface area contributed by atoms with Crippen molar-refractivity contribution >= 4 is 39.4 Å². The fourth-order valence-electron chi connectivity index (χ4n) is 3.44. The van der Waals surface area contributed by atoms with Crippen LogP contribution in [0.4, 0.5) is 23.8 Å². The molecule has 12 heteroatoms. The second kappa shape index (κ2) is 9.60. The normalized spacial score (nSPS) is 15.8. The Morgan fingerprint density at radius 3 is 2.69 bits per heavy atom. The summed E-state index contributed by atoms with van der Waals surface area (Å²) in [5, 5.41) is 15.0. The largest absolute Gasteiger partial charge is 0.446 e. The molecule has 2 N–H and O–H groups in total. The first kappa shape index (κ1) is 23.6. The number of halogens is 3. The molecule has 172 valence electrons. The molecule has 3 rings (SSSR count). The predicted octanol–water partition coefficient (Wildman–Crippen LogP) is 3.67. The van der Waals surface area contributed by atoms with E-state index in [-0.39, 0.29) is 34.1 Å². The van der Waals surface area contributed by atoms with Crippen LogP contribution in [0.5, 0.6) is 0 Å². The summed E-state index contributed by atoms with van der Waals surface area (Å²) in [7, 11) is 1.41. The Morgan fingerprint density at radius 2 is 2.09 bits per heavy atom. The Hall–Kier alpha value is -3.07. The Bertz CT molecular complexity index is 1040. The lowest BCUT2D eigenvalue weighted by Crippen LogP contribution is -2.41. The highest BCUT2D eigenvalue weighted by molar-refractivity contribution is 7.17. The minimum atomic E-state index is -4.60. The number of carbonyl (C=O) groups excluding carboxylic acids is 2. The van der Waals surface area contributed by atoms with Gasteiger partial charge in [0.25, 0.3) is 5.91 Å². The van der Waals surface area contributed by atoms with Crippen LogP contribution in [0, 0.1) is 11.3 Å². The Balaban J connectivity index is 1.77. The third-order valence-corrected chi connectivity index (χ3v) is 6.09. The molecule has 1 saturated heterocycles. The van der Waals surface area contributed by atoms with Crippen molar-refractivity contribution in [1.29, 1.82) is 5.26 Å². The first-order valence-corrected chi connectivity index (χ1v) is 10.8. The number of hydrogen-bond donors (Lipinski definition) is 2. The van der Waals surface area contributed by atoms with Crippen LogP contribution in [-0.2, 0) is 10.9 Å². The monoisotopic (exact) mass is 469 g/mol. The Kier molecular flexibility index (Phi) is 7.08. The number of amides is 2. The molecule has 1 aliphatic heterocycles. The first-order chi connectivity index (χ1) is 15.1. The summed E-state index contributed by atoms with van der Waals surface area (Å²) in [6, 6.07) is 2.61. The molecular weight excluding hydrogens is 447 g/mol. The van der Waals surface area contributed by atoms with E-state index in [1.54, 1.807) is 11.8 Å². The van der Waals surface area contributed by atoms with Crippen LogP contribution >= 0.6 is 11.3 Å². The van der Waals surface area contributed by atoms with E-state index in [1.165, 1.54) is 12.4 Å². The van der Waals surface area contributed by atoms with E-state index in [4.69, 9.17) is 10.00 Å². The summed E-state index contributed by atoms with van der Waals surface area (Å²) in [4.78, 5) is 30.1. The topological polar surface area (TPSA) is 107 Å². The number of thiophene rings is 1. The molecule has 0 bridgehead atoms. The average molecular weight is 469 g/mol. The zero-order valence-corrected chi connectivity index (χ0v) is 18.3. The number of nitrogens with zero attached hydrogens (tertiary/aromatic N) is 3. The van der Waals surface area contributed by atoms with E-state index in [1.807, 2.05) is 6.07 Å². The van der Waals surface area contributed by atoms with Gasteiger partial charge in [0, 0.05) is 44.4 Å². The zero-order chi connectivity index (χ0) is 23.5. The number of pyridine rings is 1. The lowest BCUT2D eigenvalue weighted by Gasteiger charge is -2.33. The van der Waals surface area contributed by atoms with E-state index in [0.29, 0.717) is 25.9 Å². The second-order valence-corrected chi connectivity index (χ2v) is 8.31. The number of aromatic nitrogens is 1. The summed E-state index contributed by atoms with van der Waals surface area (Å²) < 4.78 is 46.4. The number of piperidine rings is 1. The molecule has 1 fully saturated rings. The molecule has 0 aromatic carbocycles. The second-order valence-electron chi connectivity index (χ2n) is 7.43. The van der Waals surface area contributed by atoms with Crippen LogP contribution in [-0.4, -0.2) is 49.3 Å². The highest BCUT2D eigenvalue weighted by atomic mass is 32.1. The predicted molar refractivity (Wildman–Crippen MR) is 113 cm³/mol. The SMILES string of the molecule is CNC(=O)c1csc2c(C(F)(F)F)cc(N3CCC(OC(=O)N[C@@H](C)CC#N)CC3)nc12. The summed E-state index contributed by atoms with van der Waals surface area (Å²) in [6.45, 7) is 2.35. The fourth-order valence-corrected chi connectivity index (χ4v) is 4.46. The number of nitriles is 1. The zero-order valence-electron chi connectivity index (χ0n) is 17.5. The molecule has 0 spiro atoms. The first-order valence-electron chi connectivity index (χ1n) is 9.94. The van der Waals surface area contributed by atoms with E-state index in [0.717, 1.165) is 17.4 Å². The molecule has 0 radical (unpaired) electrons. The summed E-state index contributed by atoms with van der Waals surface area (Å²) >= 11 is 0.835. The number of hydrogen-bond acceptors (Lipinski definition) is 7. The third-order valence-electron chi connectivity index (χ3n) is 5.09. The third kappa shape index (κ3) is 5.21. The van der Waals surface area contributed by atoms with Crippen LogP contribution in [0.1, 0.15) is 42.1 Å². The molecule has 0 aliphatic carbocycles. The van der Waals surface area contributed by atoms with Gasteiger partial charge < -0.3 is 20.3 Å². The molecule has 2 amide bonds. The number of rotatable bonds is 5. The van der Waals surface area contributed by atoms with Gasteiger partial charge in [-0.25, -0.2) is 9.78 Å². The maximum Gasteiger partial charge on any atom is 0.417 e. The molecule has 1 aliphatic rings. The molecule has 0 saturated carbocycles. The van der Waals surface area contributed by atoms with Gasteiger partial charge in [-0.05, 0) is 13.0 Å².